The van der Waals surface area contributed by atoms with Gasteiger partial charge in [-0.25, -0.2) is 0 Å². The Morgan fingerprint density at radius 1 is 1.25 bits per heavy atom. The molecule has 1 fully saturated rings. The van der Waals surface area contributed by atoms with Crippen LogP contribution in [0.5, 0.6) is 0 Å². The van der Waals surface area contributed by atoms with E-state index in [1.54, 1.807) is 16.1 Å². The summed E-state index contributed by atoms with van der Waals surface area (Å²) in [7, 11) is 1.97. The summed E-state index contributed by atoms with van der Waals surface area (Å²) < 4.78 is 8.38. The molecule has 1 aliphatic heterocycles. The fourth-order valence-corrected chi connectivity index (χ4v) is 5.22. The SMILES string of the molecule is Cn1nc(CN(Cc2ccco2)C(=O)C2CC(=O)N(c3cccc(Br)c3)C2)c2c1CCC2. The number of hydrogen-bond donors (Lipinski definition) is 0. The van der Waals surface area contributed by atoms with Crippen LogP contribution in [0.4, 0.5) is 5.69 Å². The fourth-order valence-electron chi connectivity index (χ4n) is 4.83. The van der Waals surface area contributed by atoms with Crippen LogP contribution < -0.4 is 4.90 Å². The number of hydrogen-bond acceptors (Lipinski definition) is 4. The minimum Gasteiger partial charge on any atom is -0.467 e. The van der Waals surface area contributed by atoms with Crippen molar-refractivity contribution in [1.29, 1.82) is 0 Å². The Morgan fingerprint density at radius 2 is 2.12 bits per heavy atom. The lowest BCUT2D eigenvalue weighted by Crippen LogP contribution is -2.37. The minimum absolute atomic E-state index is 0.0295. The minimum atomic E-state index is -0.395. The lowest BCUT2D eigenvalue weighted by atomic mass is 10.1. The Balaban J connectivity index is 1.38. The number of furan rings is 1. The monoisotopic (exact) mass is 496 g/mol. The van der Waals surface area contributed by atoms with Gasteiger partial charge in [0.2, 0.25) is 11.8 Å². The molecular weight excluding hydrogens is 472 g/mol. The highest BCUT2D eigenvalue weighted by molar-refractivity contribution is 9.10. The Kier molecular flexibility index (Phi) is 5.63. The number of carbonyl (C=O) groups excluding carboxylic acids is 2. The Bertz CT molecular complexity index is 1150. The predicted octanol–water partition coefficient (Wildman–Crippen LogP) is 3.85. The van der Waals surface area contributed by atoms with E-state index < -0.39 is 5.92 Å². The summed E-state index contributed by atoms with van der Waals surface area (Å²) in [5.41, 5.74) is 4.29. The molecule has 3 aromatic rings. The molecule has 0 spiro atoms. The van der Waals surface area contributed by atoms with Gasteiger partial charge in [0.15, 0.2) is 0 Å². The van der Waals surface area contributed by atoms with E-state index >= 15 is 0 Å². The fraction of sp³-hybridized carbons (Fsp3) is 0.375. The van der Waals surface area contributed by atoms with Gasteiger partial charge >= 0.3 is 0 Å². The zero-order valence-corrected chi connectivity index (χ0v) is 19.5. The first-order chi connectivity index (χ1) is 15.5. The van der Waals surface area contributed by atoms with Gasteiger partial charge in [-0.1, -0.05) is 22.0 Å². The average molecular weight is 497 g/mol. The standard InChI is InChI=1S/C24H25BrN4O3/c1-27-22-9-3-8-20(22)21(26-27)15-28(14-19-7-4-10-32-19)24(31)16-11-23(30)29(13-16)18-6-2-5-17(25)12-18/h2,4-7,10,12,16H,3,8-9,11,13-15H2,1H3. The van der Waals surface area contributed by atoms with Crippen molar-refractivity contribution in [3.05, 3.63) is 69.8 Å². The van der Waals surface area contributed by atoms with Gasteiger partial charge in [-0.05, 0) is 55.2 Å². The zero-order valence-electron chi connectivity index (χ0n) is 18.0. The molecule has 1 atom stereocenters. The van der Waals surface area contributed by atoms with Gasteiger partial charge in [-0.15, -0.1) is 0 Å². The molecule has 0 N–H and O–H groups in total. The van der Waals surface area contributed by atoms with Crippen LogP contribution in [0.15, 0.2) is 51.6 Å². The summed E-state index contributed by atoms with van der Waals surface area (Å²) in [6, 6.07) is 11.3. The van der Waals surface area contributed by atoms with Gasteiger partial charge in [-0.3, -0.25) is 14.3 Å². The van der Waals surface area contributed by atoms with Crippen molar-refractivity contribution in [1.82, 2.24) is 14.7 Å². The Labute approximate surface area is 195 Å². The van der Waals surface area contributed by atoms with E-state index in [-0.39, 0.29) is 18.2 Å². The first kappa shape index (κ1) is 21.0. The van der Waals surface area contributed by atoms with Gasteiger partial charge < -0.3 is 14.2 Å². The zero-order chi connectivity index (χ0) is 22.2. The lowest BCUT2D eigenvalue weighted by Gasteiger charge is -2.24. The molecule has 5 rings (SSSR count). The molecule has 1 saturated heterocycles. The van der Waals surface area contributed by atoms with Crippen LogP contribution in [-0.2, 0) is 42.6 Å². The average Bonchev–Trinajstić information content (AvgIpc) is 3.55. The number of halogens is 1. The van der Waals surface area contributed by atoms with Crippen LogP contribution in [0.25, 0.3) is 0 Å². The third-order valence-electron chi connectivity index (χ3n) is 6.37. The smallest absolute Gasteiger partial charge is 0.228 e. The van der Waals surface area contributed by atoms with Crippen molar-refractivity contribution < 1.29 is 14.0 Å². The van der Waals surface area contributed by atoms with Gasteiger partial charge in [0, 0.05) is 35.9 Å². The van der Waals surface area contributed by atoms with Crippen molar-refractivity contribution in [2.24, 2.45) is 13.0 Å². The molecule has 0 bridgehead atoms. The highest BCUT2D eigenvalue weighted by atomic mass is 79.9. The summed E-state index contributed by atoms with van der Waals surface area (Å²) in [5.74, 6) is 0.259. The Hall–Kier alpha value is -2.87. The number of amides is 2. The molecule has 166 valence electrons. The number of anilines is 1. The predicted molar refractivity (Wildman–Crippen MR) is 123 cm³/mol. The first-order valence-corrected chi connectivity index (χ1v) is 11.7. The van der Waals surface area contributed by atoms with Crippen LogP contribution in [0, 0.1) is 5.92 Å². The van der Waals surface area contributed by atoms with E-state index in [1.807, 2.05) is 48.1 Å². The third kappa shape index (κ3) is 3.99. The van der Waals surface area contributed by atoms with Crippen molar-refractivity contribution in [2.45, 2.75) is 38.8 Å². The summed E-state index contributed by atoms with van der Waals surface area (Å²) in [6.07, 6.45) is 4.98. The number of nitrogens with zero attached hydrogens (tertiary/aromatic N) is 4. The molecule has 7 nitrogen and oxygen atoms in total. The van der Waals surface area contributed by atoms with Crippen LogP contribution in [0.1, 0.15) is 35.6 Å². The number of rotatable bonds is 6. The second kappa shape index (κ2) is 8.58. The van der Waals surface area contributed by atoms with Crippen molar-refractivity contribution in [3.8, 4) is 0 Å². The maximum absolute atomic E-state index is 13.6. The quantitative estimate of drug-likeness (QED) is 0.519. The number of aromatic nitrogens is 2. The molecular formula is C24H25BrN4O3. The number of fused-ring (bicyclic) bond motifs is 1. The topological polar surface area (TPSA) is 71.6 Å². The van der Waals surface area contributed by atoms with Gasteiger partial charge in [-0.2, -0.15) is 5.10 Å². The Morgan fingerprint density at radius 3 is 2.91 bits per heavy atom. The van der Waals surface area contributed by atoms with Crippen molar-refractivity contribution in [2.75, 3.05) is 11.4 Å². The van der Waals surface area contributed by atoms with E-state index in [0.29, 0.717) is 19.6 Å². The van der Waals surface area contributed by atoms with Crippen molar-refractivity contribution in [3.63, 3.8) is 0 Å². The molecule has 1 aliphatic carbocycles. The van der Waals surface area contributed by atoms with Gasteiger partial charge in [0.25, 0.3) is 0 Å². The van der Waals surface area contributed by atoms with E-state index in [0.717, 1.165) is 40.9 Å². The first-order valence-electron chi connectivity index (χ1n) is 10.9. The molecule has 32 heavy (non-hydrogen) atoms. The highest BCUT2D eigenvalue weighted by Gasteiger charge is 2.38. The third-order valence-corrected chi connectivity index (χ3v) is 6.86. The molecule has 0 saturated carbocycles. The molecule has 1 aromatic carbocycles. The number of aryl methyl sites for hydroxylation is 1. The van der Waals surface area contributed by atoms with E-state index in [9.17, 15) is 9.59 Å². The van der Waals surface area contributed by atoms with Crippen LogP contribution >= 0.6 is 15.9 Å². The number of benzene rings is 1. The van der Waals surface area contributed by atoms with E-state index in [4.69, 9.17) is 9.52 Å². The van der Waals surface area contributed by atoms with Crippen molar-refractivity contribution >= 4 is 33.4 Å². The van der Waals surface area contributed by atoms with E-state index in [1.165, 1.54) is 11.3 Å². The largest absolute Gasteiger partial charge is 0.467 e. The van der Waals surface area contributed by atoms with Gasteiger partial charge in [0.1, 0.15) is 5.76 Å². The maximum Gasteiger partial charge on any atom is 0.228 e. The molecule has 2 aliphatic rings. The lowest BCUT2D eigenvalue weighted by molar-refractivity contribution is -0.137. The summed E-state index contributed by atoms with van der Waals surface area (Å²) in [6.45, 7) is 1.16. The van der Waals surface area contributed by atoms with Crippen LogP contribution in [0.3, 0.4) is 0 Å². The molecule has 8 heteroatoms. The highest BCUT2D eigenvalue weighted by Crippen LogP contribution is 2.30. The van der Waals surface area contributed by atoms with Gasteiger partial charge in [0.05, 0.1) is 31.0 Å². The number of carbonyl (C=O) groups is 2. The second-order valence-corrected chi connectivity index (χ2v) is 9.42. The summed E-state index contributed by atoms with van der Waals surface area (Å²) in [4.78, 5) is 29.9. The molecule has 3 heterocycles. The maximum atomic E-state index is 13.6. The summed E-state index contributed by atoms with van der Waals surface area (Å²) in [5, 5.41) is 4.71. The van der Waals surface area contributed by atoms with Crippen LogP contribution in [-0.4, -0.2) is 33.0 Å². The molecule has 0 radical (unpaired) electrons. The van der Waals surface area contributed by atoms with Crippen LogP contribution in [0.2, 0.25) is 0 Å². The van der Waals surface area contributed by atoms with E-state index in [2.05, 4.69) is 15.9 Å². The molecule has 1 unspecified atom stereocenters. The molecule has 2 aromatic heterocycles. The normalized spacial score (nSPS) is 17.8. The summed E-state index contributed by atoms with van der Waals surface area (Å²) >= 11 is 3.46. The molecule has 2 amide bonds. The second-order valence-electron chi connectivity index (χ2n) is 8.51.